The standard InChI is InChI=1S/C20H23F9O6/c1-9(2)15(32)33-14-7-12(16(5,18(21,22)23)34-10(3)30)6-13(8-14)17(19(24,25)26,20(27,28)29)35-11(4)31/h12-14H,1,6-8H2,2-5H3. The van der Waals surface area contributed by atoms with Crippen molar-refractivity contribution >= 4 is 17.9 Å². The Morgan fingerprint density at radius 2 is 1.14 bits per heavy atom. The number of alkyl halides is 9. The van der Waals surface area contributed by atoms with E-state index in [-0.39, 0.29) is 19.4 Å². The molecule has 0 aromatic rings. The number of hydrogen-bond donors (Lipinski definition) is 0. The van der Waals surface area contributed by atoms with Crippen molar-refractivity contribution in [2.75, 3.05) is 0 Å². The first kappa shape index (κ1) is 30.6. The molecule has 35 heavy (non-hydrogen) atoms. The average Bonchev–Trinajstić information content (AvgIpc) is 2.61. The Bertz CT molecular complexity index is 831. The van der Waals surface area contributed by atoms with Crippen molar-refractivity contribution in [3.63, 3.8) is 0 Å². The van der Waals surface area contributed by atoms with Gasteiger partial charge in [0.15, 0.2) is 0 Å². The Morgan fingerprint density at radius 3 is 1.49 bits per heavy atom. The van der Waals surface area contributed by atoms with Gasteiger partial charge in [-0.2, -0.15) is 39.5 Å². The topological polar surface area (TPSA) is 78.9 Å². The summed E-state index contributed by atoms with van der Waals surface area (Å²) < 4.78 is 139. The summed E-state index contributed by atoms with van der Waals surface area (Å²) >= 11 is 0. The van der Waals surface area contributed by atoms with Gasteiger partial charge in [0.25, 0.3) is 0 Å². The van der Waals surface area contributed by atoms with Crippen LogP contribution in [0.5, 0.6) is 0 Å². The van der Waals surface area contributed by atoms with Crippen molar-refractivity contribution in [3.8, 4) is 0 Å². The Morgan fingerprint density at radius 1 is 0.714 bits per heavy atom. The molecule has 6 nitrogen and oxygen atoms in total. The molecule has 0 amide bonds. The molecule has 0 aromatic carbocycles. The molecule has 4 unspecified atom stereocenters. The minimum atomic E-state index is -6.33. The summed E-state index contributed by atoms with van der Waals surface area (Å²) in [4.78, 5) is 34.7. The zero-order valence-corrected chi connectivity index (χ0v) is 18.9. The summed E-state index contributed by atoms with van der Waals surface area (Å²) in [6.45, 7) is 5.41. The highest BCUT2D eigenvalue weighted by atomic mass is 19.4. The van der Waals surface area contributed by atoms with Gasteiger partial charge in [0, 0.05) is 31.3 Å². The molecule has 1 aliphatic carbocycles. The van der Waals surface area contributed by atoms with Gasteiger partial charge < -0.3 is 14.2 Å². The maximum atomic E-state index is 14.0. The molecule has 1 fully saturated rings. The summed E-state index contributed by atoms with van der Waals surface area (Å²) in [5, 5.41) is 0. The third-order valence-electron chi connectivity index (χ3n) is 5.71. The van der Waals surface area contributed by atoms with Gasteiger partial charge in [0.05, 0.1) is 0 Å². The van der Waals surface area contributed by atoms with Crippen LogP contribution in [0, 0.1) is 11.8 Å². The zero-order chi connectivity index (χ0) is 27.8. The molecule has 202 valence electrons. The van der Waals surface area contributed by atoms with E-state index in [0.717, 1.165) is 6.92 Å². The van der Waals surface area contributed by atoms with E-state index in [1.165, 1.54) is 0 Å². The van der Waals surface area contributed by atoms with E-state index < -0.39 is 84.8 Å². The number of esters is 3. The van der Waals surface area contributed by atoms with Gasteiger partial charge in [-0.15, -0.1) is 0 Å². The van der Waals surface area contributed by atoms with E-state index >= 15 is 0 Å². The molecule has 0 spiro atoms. The minimum absolute atomic E-state index is 0.268. The van der Waals surface area contributed by atoms with Crippen molar-refractivity contribution in [3.05, 3.63) is 12.2 Å². The highest BCUT2D eigenvalue weighted by Crippen LogP contribution is 2.57. The fourth-order valence-electron chi connectivity index (χ4n) is 4.12. The minimum Gasteiger partial charge on any atom is -0.459 e. The maximum absolute atomic E-state index is 14.0. The van der Waals surface area contributed by atoms with Crippen LogP contribution in [-0.4, -0.2) is 53.7 Å². The van der Waals surface area contributed by atoms with Crippen molar-refractivity contribution < 1.29 is 68.1 Å². The van der Waals surface area contributed by atoms with Gasteiger partial charge in [0.1, 0.15) is 6.10 Å². The van der Waals surface area contributed by atoms with Crippen LogP contribution in [0.2, 0.25) is 0 Å². The number of carbonyl (C=O) groups is 3. The van der Waals surface area contributed by atoms with E-state index in [2.05, 4.69) is 16.1 Å². The van der Waals surface area contributed by atoms with Gasteiger partial charge in [-0.25, -0.2) is 4.79 Å². The number of rotatable bonds is 6. The lowest BCUT2D eigenvalue weighted by atomic mass is 9.66. The van der Waals surface area contributed by atoms with Gasteiger partial charge in [-0.3, -0.25) is 9.59 Å². The van der Waals surface area contributed by atoms with Crippen LogP contribution in [0.3, 0.4) is 0 Å². The highest BCUT2D eigenvalue weighted by molar-refractivity contribution is 5.87. The smallest absolute Gasteiger partial charge is 0.437 e. The molecule has 0 aliphatic heterocycles. The van der Waals surface area contributed by atoms with Crippen LogP contribution < -0.4 is 0 Å². The summed E-state index contributed by atoms with van der Waals surface area (Å²) in [5.74, 6) is -9.96. The van der Waals surface area contributed by atoms with Crippen molar-refractivity contribution in [1.82, 2.24) is 0 Å². The Hall–Kier alpha value is -2.48. The van der Waals surface area contributed by atoms with Crippen LogP contribution in [0.1, 0.15) is 47.0 Å². The van der Waals surface area contributed by atoms with E-state index in [1.54, 1.807) is 0 Å². The molecule has 0 N–H and O–H groups in total. The molecule has 15 heteroatoms. The summed E-state index contributed by atoms with van der Waals surface area (Å²) in [6, 6.07) is 0. The van der Waals surface area contributed by atoms with Gasteiger partial charge in [-0.05, 0) is 33.1 Å². The second-order valence-corrected chi connectivity index (χ2v) is 8.43. The summed E-state index contributed by atoms with van der Waals surface area (Å²) in [7, 11) is 0. The Labute approximate surface area is 193 Å². The number of carbonyl (C=O) groups excluding carboxylic acids is 3. The third kappa shape index (κ3) is 6.21. The monoisotopic (exact) mass is 530 g/mol. The molecule has 1 aliphatic rings. The quantitative estimate of drug-likeness (QED) is 0.203. The number of hydrogen-bond acceptors (Lipinski definition) is 6. The molecule has 1 saturated carbocycles. The third-order valence-corrected chi connectivity index (χ3v) is 5.71. The lowest BCUT2D eigenvalue weighted by Gasteiger charge is -2.49. The van der Waals surface area contributed by atoms with Crippen LogP contribution in [-0.2, 0) is 28.6 Å². The molecule has 0 heterocycles. The molecular formula is C20H23F9O6. The molecule has 1 rings (SSSR count). The second kappa shape index (κ2) is 9.88. The van der Waals surface area contributed by atoms with E-state index in [9.17, 15) is 53.9 Å². The molecular weight excluding hydrogens is 507 g/mol. The van der Waals surface area contributed by atoms with Gasteiger partial charge in [-0.1, -0.05) is 6.58 Å². The maximum Gasteiger partial charge on any atom is 0.437 e. The largest absolute Gasteiger partial charge is 0.459 e. The first-order chi connectivity index (χ1) is 15.5. The fourth-order valence-corrected chi connectivity index (χ4v) is 4.12. The second-order valence-electron chi connectivity index (χ2n) is 8.43. The van der Waals surface area contributed by atoms with E-state index in [0.29, 0.717) is 6.92 Å². The van der Waals surface area contributed by atoms with Crippen LogP contribution in [0.15, 0.2) is 12.2 Å². The first-order valence-electron chi connectivity index (χ1n) is 9.95. The highest BCUT2D eigenvalue weighted by Gasteiger charge is 2.78. The van der Waals surface area contributed by atoms with Crippen LogP contribution >= 0.6 is 0 Å². The zero-order valence-electron chi connectivity index (χ0n) is 18.9. The predicted octanol–water partition coefficient (Wildman–Crippen LogP) is 5.20. The average molecular weight is 530 g/mol. The predicted molar refractivity (Wildman–Crippen MR) is 98.4 cm³/mol. The SMILES string of the molecule is C=C(C)C(=O)OC1CC(C(C)(OC(C)=O)C(F)(F)F)CC(C(OC(C)=O)(C(F)(F)F)C(F)(F)F)C1. The number of halogens is 9. The summed E-state index contributed by atoms with van der Waals surface area (Å²) in [6.07, 6.45) is -23.7. The van der Waals surface area contributed by atoms with Crippen LogP contribution in [0.25, 0.3) is 0 Å². The summed E-state index contributed by atoms with van der Waals surface area (Å²) in [5.41, 5.74) is -9.13. The van der Waals surface area contributed by atoms with E-state index in [4.69, 9.17) is 4.74 Å². The molecule has 0 bridgehead atoms. The van der Waals surface area contributed by atoms with Gasteiger partial charge >= 0.3 is 42.0 Å². The molecule has 0 aromatic heterocycles. The Kier molecular flexibility index (Phi) is 8.62. The normalized spacial score (nSPS) is 23.6. The van der Waals surface area contributed by atoms with Crippen LogP contribution in [0.4, 0.5) is 39.5 Å². The first-order valence-corrected chi connectivity index (χ1v) is 9.95. The van der Waals surface area contributed by atoms with E-state index in [1.807, 2.05) is 0 Å². The lowest BCUT2D eigenvalue weighted by molar-refractivity contribution is -0.392. The Balaban J connectivity index is 3.81. The van der Waals surface area contributed by atoms with Gasteiger partial charge in [0.2, 0.25) is 5.60 Å². The fraction of sp³-hybridized carbons (Fsp3) is 0.750. The van der Waals surface area contributed by atoms with Crippen molar-refractivity contribution in [1.29, 1.82) is 0 Å². The molecule has 0 saturated heterocycles. The molecule has 4 atom stereocenters. The molecule has 0 radical (unpaired) electrons. The number of ether oxygens (including phenoxy) is 3. The lowest BCUT2D eigenvalue weighted by Crippen LogP contribution is -2.66. The van der Waals surface area contributed by atoms with Crippen molar-refractivity contribution in [2.45, 2.75) is 82.8 Å². The van der Waals surface area contributed by atoms with Crippen molar-refractivity contribution in [2.24, 2.45) is 11.8 Å².